The predicted octanol–water partition coefficient (Wildman–Crippen LogP) is 3.40. The van der Waals surface area contributed by atoms with Crippen LogP contribution in [0.4, 0.5) is 13.2 Å². The Hall–Kier alpha value is -1.20. The summed E-state index contributed by atoms with van der Waals surface area (Å²) in [4.78, 5) is 5.05. The van der Waals surface area contributed by atoms with Gasteiger partial charge in [0, 0.05) is 0 Å². The van der Waals surface area contributed by atoms with Crippen molar-refractivity contribution < 1.29 is 18.0 Å². The first kappa shape index (κ1) is 12.3. The number of allylic oxidation sites excluding steroid dienone is 1. The lowest BCUT2D eigenvalue weighted by Gasteiger charge is -2.15. The van der Waals surface area contributed by atoms with Crippen molar-refractivity contribution in [3.8, 4) is 0 Å². The topological polar surface area (TPSA) is 21.3 Å². The van der Waals surface area contributed by atoms with Crippen LogP contribution in [-0.2, 0) is 11.0 Å². The van der Waals surface area contributed by atoms with Gasteiger partial charge in [0.2, 0.25) is 0 Å². The van der Waals surface area contributed by atoms with Gasteiger partial charge in [0.1, 0.15) is 6.10 Å². The van der Waals surface area contributed by atoms with Gasteiger partial charge in [-0.15, -0.1) is 11.6 Å². The summed E-state index contributed by atoms with van der Waals surface area (Å²) < 4.78 is 38.3. The van der Waals surface area contributed by atoms with Crippen molar-refractivity contribution in [2.75, 3.05) is 5.88 Å². The molecule has 1 aromatic rings. The molecule has 1 atom stereocenters. The minimum Gasteiger partial charge on any atom is -0.269 e. The molecule has 1 aliphatic heterocycles. The third kappa shape index (κ3) is 2.56. The fraction of sp³-hybridized carbons (Fsp3) is 0.273. The summed E-state index contributed by atoms with van der Waals surface area (Å²) in [7, 11) is 0. The van der Waals surface area contributed by atoms with E-state index in [1.165, 1.54) is 18.2 Å². The zero-order valence-corrected chi connectivity index (χ0v) is 9.35. The molecule has 6 heteroatoms. The molecule has 0 spiro atoms. The Morgan fingerprint density at radius 2 is 2.00 bits per heavy atom. The molecular weight excluding hydrogens is 255 g/mol. The van der Waals surface area contributed by atoms with Crippen LogP contribution in [0.15, 0.2) is 36.0 Å². The normalized spacial score (nSPS) is 20.0. The molecular formula is C11H9ClF3NO. The van der Waals surface area contributed by atoms with Gasteiger partial charge in [-0.3, -0.25) is 10.3 Å². The van der Waals surface area contributed by atoms with Crippen LogP contribution in [0.2, 0.25) is 0 Å². The van der Waals surface area contributed by atoms with Crippen molar-refractivity contribution >= 4 is 11.6 Å². The number of benzene rings is 1. The molecule has 0 aromatic heterocycles. The second-order valence-corrected chi connectivity index (χ2v) is 3.82. The molecule has 1 N–H and O–H groups in total. The Balaban J connectivity index is 2.37. The molecule has 1 aromatic carbocycles. The lowest BCUT2D eigenvalue weighted by atomic mass is 10.0. The minimum atomic E-state index is -4.39. The maximum Gasteiger partial charge on any atom is 0.416 e. The van der Waals surface area contributed by atoms with Crippen molar-refractivity contribution in [3.05, 3.63) is 47.2 Å². The quantitative estimate of drug-likeness (QED) is 0.826. The van der Waals surface area contributed by atoms with E-state index in [-0.39, 0.29) is 11.4 Å². The molecule has 1 unspecified atom stereocenters. The van der Waals surface area contributed by atoms with Crippen LogP contribution in [0.5, 0.6) is 0 Å². The molecule has 1 heterocycles. The third-order valence-electron chi connectivity index (χ3n) is 2.39. The first-order chi connectivity index (χ1) is 8.02. The molecule has 17 heavy (non-hydrogen) atoms. The monoisotopic (exact) mass is 263 g/mol. The van der Waals surface area contributed by atoms with E-state index in [9.17, 15) is 13.2 Å². The summed E-state index contributed by atoms with van der Waals surface area (Å²) in [5.74, 6) is 0.171. The summed E-state index contributed by atoms with van der Waals surface area (Å²) >= 11 is 5.56. The molecule has 2 nitrogen and oxygen atoms in total. The number of hydrogen-bond acceptors (Lipinski definition) is 2. The fourth-order valence-corrected chi connectivity index (χ4v) is 1.76. The Kier molecular flexibility index (Phi) is 3.31. The van der Waals surface area contributed by atoms with E-state index in [1.807, 2.05) is 0 Å². The van der Waals surface area contributed by atoms with E-state index in [0.717, 1.165) is 6.07 Å². The number of hydroxylamine groups is 1. The SMILES string of the molecule is FC(F)(F)c1ccccc1C1C=C(CCl)NO1. The Bertz CT molecular complexity index is 445. The average Bonchev–Trinajstić information content (AvgIpc) is 2.76. The number of nitrogens with one attached hydrogen (secondary N) is 1. The lowest BCUT2D eigenvalue weighted by Crippen LogP contribution is -2.13. The maximum absolute atomic E-state index is 12.8. The summed E-state index contributed by atoms with van der Waals surface area (Å²) in [5, 5.41) is 0. The molecule has 0 aliphatic carbocycles. The van der Waals surface area contributed by atoms with Crippen molar-refractivity contribution in [3.63, 3.8) is 0 Å². The van der Waals surface area contributed by atoms with Crippen molar-refractivity contribution in [1.29, 1.82) is 0 Å². The maximum atomic E-state index is 12.8. The van der Waals surface area contributed by atoms with E-state index in [1.54, 1.807) is 6.07 Å². The van der Waals surface area contributed by atoms with E-state index >= 15 is 0 Å². The predicted molar refractivity (Wildman–Crippen MR) is 57.2 cm³/mol. The van der Waals surface area contributed by atoms with Crippen molar-refractivity contribution in [1.82, 2.24) is 5.48 Å². The highest BCUT2D eigenvalue weighted by atomic mass is 35.5. The lowest BCUT2D eigenvalue weighted by molar-refractivity contribution is -0.139. The largest absolute Gasteiger partial charge is 0.416 e. The van der Waals surface area contributed by atoms with Gasteiger partial charge in [0.05, 0.1) is 17.1 Å². The number of rotatable bonds is 2. The first-order valence-electron chi connectivity index (χ1n) is 4.87. The molecule has 0 bridgehead atoms. The molecule has 2 rings (SSSR count). The van der Waals surface area contributed by atoms with Crippen molar-refractivity contribution in [2.45, 2.75) is 12.3 Å². The van der Waals surface area contributed by atoms with E-state index in [0.29, 0.717) is 5.70 Å². The van der Waals surface area contributed by atoms with Crippen LogP contribution in [0.3, 0.4) is 0 Å². The second-order valence-electron chi connectivity index (χ2n) is 3.55. The van der Waals surface area contributed by atoms with Crippen LogP contribution in [0, 0.1) is 0 Å². The Morgan fingerprint density at radius 1 is 1.29 bits per heavy atom. The van der Waals surface area contributed by atoms with Gasteiger partial charge in [-0.2, -0.15) is 13.2 Å². The molecule has 0 saturated heterocycles. The van der Waals surface area contributed by atoms with E-state index in [2.05, 4.69) is 5.48 Å². The van der Waals surface area contributed by atoms with E-state index in [4.69, 9.17) is 16.4 Å². The van der Waals surface area contributed by atoms with Gasteiger partial charge in [0.15, 0.2) is 0 Å². The van der Waals surface area contributed by atoms with Gasteiger partial charge >= 0.3 is 6.18 Å². The van der Waals surface area contributed by atoms with Crippen molar-refractivity contribution in [2.24, 2.45) is 0 Å². The van der Waals surface area contributed by atoms with Crippen LogP contribution < -0.4 is 5.48 Å². The van der Waals surface area contributed by atoms with Gasteiger partial charge in [0.25, 0.3) is 0 Å². The highest BCUT2D eigenvalue weighted by molar-refractivity contribution is 6.19. The Labute approximate surface area is 101 Å². The van der Waals surface area contributed by atoms with Gasteiger partial charge < -0.3 is 0 Å². The van der Waals surface area contributed by atoms with Crippen LogP contribution in [0.25, 0.3) is 0 Å². The molecule has 0 radical (unpaired) electrons. The zero-order chi connectivity index (χ0) is 12.5. The summed E-state index contributed by atoms with van der Waals surface area (Å²) in [5.41, 5.74) is 2.44. The van der Waals surface area contributed by atoms with Gasteiger partial charge in [-0.1, -0.05) is 18.2 Å². The molecule has 92 valence electrons. The molecule has 1 aliphatic rings. The number of hydrogen-bond donors (Lipinski definition) is 1. The minimum absolute atomic E-state index is 0.0765. The third-order valence-corrected chi connectivity index (χ3v) is 2.67. The van der Waals surface area contributed by atoms with Crippen LogP contribution in [0.1, 0.15) is 17.2 Å². The standard InChI is InChI=1S/C11H9ClF3NO/c12-6-7-5-10(17-16-7)8-3-1-2-4-9(8)11(13,14)15/h1-5,10,16H,6H2. The van der Waals surface area contributed by atoms with Gasteiger partial charge in [-0.05, 0) is 17.7 Å². The van der Waals surface area contributed by atoms with Crippen LogP contribution in [-0.4, -0.2) is 5.88 Å². The Morgan fingerprint density at radius 3 is 2.59 bits per heavy atom. The number of alkyl halides is 4. The zero-order valence-electron chi connectivity index (χ0n) is 8.59. The highest BCUT2D eigenvalue weighted by Gasteiger charge is 2.35. The van der Waals surface area contributed by atoms with Crippen LogP contribution >= 0.6 is 11.6 Å². The smallest absolute Gasteiger partial charge is 0.269 e. The summed E-state index contributed by atoms with van der Waals surface area (Å²) in [6, 6.07) is 5.31. The summed E-state index contributed by atoms with van der Waals surface area (Å²) in [6.07, 6.45) is -3.61. The molecule has 0 amide bonds. The summed E-state index contributed by atoms with van der Waals surface area (Å²) in [6.45, 7) is 0. The number of halogens is 4. The fourth-order valence-electron chi connectivity index (χ4n) is 1.62. The molecule has 0 fully saturated rings. The molecule has 0 saturated carbocycles. The first-order valence-corrected chi connectivity index (χ1v) is 5.40. The van der Waals surface area contributed by atoms with E-state index < -0.39 is 17.8 Å². The average molecular weight is 264 g/mol. The second kappa shape index (κ2) is 4.58. The highest BCUT2D eigenvalue weighted by Crippen LogP contribution is 2.37. The van der Waals surface area contributed by atoms with Gasteiger partial charge in [-0.25, -0.2) is 0 Å².